The van der Waals surface area contributed by atoms with Crippen molar-refractivity contribution in [1.82, 2.24) is 19.5 Å². The largest absolute Gasteiger partial charge is 2.00 e. The summed E-state index contributed by atoms with van der Waals surface area (Å²) in [6.45, 7) is 6.75. The van der Waals surface area contributed by atoms with Crippen molar-refractivity contribution in [3.63, 3.8) is 0 Å². The summed E-state index contributed by atoms with van der Waals surface area (Å²) < 4.78 is 2.19. The molecule has 0 aliphatic rings. The molecule has 41 heavy (non-hydrogen) atoms. The molecule has 0 N–H and O–H groups in total. The number of benzene rings is 3. The molecule has 0 saturated heterocycles. The molecule has 5 heteroatoms. The number of hydrogen-bond donors (Lipinski definition) is 0. The summed E-state index contributed by atoms with van der Waals surface area (Å²) in [4.78, 5) is 14.8. The van der Waals surface area contributed by atoms with Gasteiger partial charge in [-0.2, -0.15) is 0 Å². The van der Waals surface area contributed by atoms with E-state index in [1.54, 1.807) is 6.20 Å². The average molecular weight is 712 g/mol. The molecule has 7 aromatic rings. The van der Waals surface area contributed by atoms with Gasteiger partial charge in [-0.05, 0) is 39.2 Å². The van der Waals surface area contributed by atoms with Crippen LogP contribution in [-0.2, 0) is 26.5 Å². The molecule has 0 aliphatic heterocycles. The number of rotatable bonds is 4. The molecule has 0 radical (unpaired) electrons. The second kappa shape index (κ2) is 10.6. The topological polar surface area (TPSA) is 44.8 Å². The molecule has 0 spiro atoms. The normalized spacial score (nSPS) is 11.6. The van der Waals surface area contributed by atoms with Gasteiger partial charge in [-0.1, -0.05) is 123 Å². The SMILES string of the molecule is CC(C)(C)c1ccc2c(c1)c1ccc(-c3[c-]c(-c4ccccn4)ccc3)nc1n2-c1ccc(-c2ccccc2)[n-]1.[Pt+2]. The molecule has 0 atom stereocenters. The predicted octanol–water partition coefficient (Wildman–Crippen LogP) is 8.63. The van der Waals surface area contributed by atoms with Gasteiger partial charge in [-0.3, -0.25) is 9.97 Å². The van der Waals surface area contributed by atoms with E-state index in [1.165, 1.54) is 10.9 Å². The Bertz CT molecular complexity index is 1980. The molecule has 3 aromatic carbocycles. The van der Waals surface area contributed by atoms with Crippen molar-refractivity contribution in [1.29, 1.82) is 0 Å². The number of fused-ring (bicyclic) bond motifs is 3. The van der Waals surface area contributed by atoms with E-state index >= 15 is 0 Å². The Labute approximate surface area is 254 Å². The van der Waals surface area contributed by atoms with Gasteiger partial charge in [0.25, 0.3) is 0 Å². The van der Waals surface area contributed by atoms with Crippen molar-refractivity contribution in [2.75, 3.05) is 0 Å². The van der Waals surface area contributed by atoms with Gasteiger partial charge >= 0.3 is 21.1 Å². The number of hydrogen-bond acceptors (Lipinski definition) is 2. The van der Waals surface area contributed by atoms with Gasteiger partial charge in [0.2, 0.25) is 0 Å². The zero-order valence-corrected chi connectivity index (χ0v) is 25.3. The van der Waals surface area contributed by atoms with E-state index in [9.17, 15) is 0 Å². The monoisotopic (exact) mass is 711 g/mol. The first-order valence-electron chi connectivity index (χ1n) is 13.5. The third-order valence-corrected chi connectivity index (χ3v) is 7.42. The zero-order valence-electron chi connectivity index (χ0n) is 23.1. The smallest absolute Gasteiger partial charge is 0.435 e. The van der Waals surface area contributed by atoms with Gasteiger partial charge in [-0.25, -0.2) is 0 Å². The molecule has 0 aliphatic carbocycles. The molecule has 4 heterocycles. The second-order valence-electron chi connectivity index (χ2n) is 11.1. The Morgan fingerprint density at radius 2 is 1.49 bits per heavy atom. The van der Waals surface area contributed by atoms with Crippen molar-refractivity contribution in [3.8, 4) is 39.6 Å². The third-order valence-electron chi connectivity index (χ3n) is 7.42. The van der Waals surface area contributed by atoms with Gasteiger partial charge in [0, 0.05) is 23.0 Å². The first-order chi connectivity index (χ1) is 19.5. The number of nitrogens with zero attached hydrogens (tertiary/aromatic N) is 4. The number of aromatic nitrogens is 4. The maximum Gasteiger partial charge on any atom is 2.00 e. The molecule has 7 rings (SSSR count). The Morgan fingerprint density at radius 1 is 0.707 bits per heavy atom. The number of pyridine rings is 2. The van der Waals surface area contributed by atoms with Gasteiger partial charge in [0.15, 0.2) is 0 Å². The fourth-order valence-corrected chi connectivity index (χ4v) is 5.27. The van der Waals surface area contributed by atoms with Crippen LogP contribution in [0.4, 0.5) is 0 Å². The van der Waals surface area contributed by atoms with E-state index in [4.69, 9.17) is 9.97 Å². The molecule has 0 fully saturated rings. The van der Waals surface area contributed by atoms with Gasteiger partial charge in [0.1, 0.15) is 0 Å². The van der Waals surface area contributed by atoms with Crippen molar-refractivity contribution in [2.24, 2.45) is 0 Å². The molecule has 0 saturated carbocycles. The molecule has 4 aromatic heterocycles. The van der Waals surface area contributed by atoms with Crippen LogP contribution in [0.25, 0.3) is 61.5 Å². The maximum absolute atomic E-state index is 5.24. The standard InChI is InChI=1S/C36H28N4.Pt/c1-36(2,3)27-15-19-33-29(23-27)28-16-17-32(26-13-9-12-25(22-26)30-14-7-8-21-37-30)39-35(28)40(33)34-20-18-31(38-34)24-10-5-4-6-11-24;/h4-21,23H,1-3H3;/q-2;+2. The van der Waals surface area contributed by atoms with Crippen molar-refractivity contribution in [2.45, 2.75) is 26.2 Å². The molecule has 0 bridgehead atoms. The van der Waals surface area contributed by atoms with E-state index in [1.807, 2.05) is 48.5 Å². The third kappa shape index (κ3) is 4.94. The summed E-state index contributed by atoms with van der Waals surface area (Å²) in [5.41, 5.74) is 8.98. The van der Waals surface area contributed by atoms with Crippen LogP contribution >= 0.6 is 0 Å². The Balaban J connectivity index is 0.00000302. The molecule has 202 valence electrons. The molecule has 4 nitrogen and oxygen atoms in total. The van der Waals surface area contributed by atoms with Crippen LogP contribution in [0.2, 0.25) is 0 Å². The van der Waals surface area contributed by atoms with Crippen LogP contribution in [0, 0.1) is 6.07 Å². The van der Waals surface area contributed by atoms with Gasteiger partial charge in [0.05, 0.1) is 5.65 Å². The van der Waals surface area contributed by atoms with E-state index < -0.39 is 0 Å². The molecule has 0 unspecified atom stereocenters. The van der Waals surface area contributed by atoms with Crippen LogP contribution in [-0.4, -0.2) is 14.5 Å². The van der Waals surface area contributed by atoms with E-state index in [-0.39, 0.29) is 26.5 Å². The molecular formula is C36H28N4Pt. The Hall–Kier alpha value is -4.27. The minimum absolute atomic E-state index is 0. The molecular weight excluding hydrogens is 684 g/mol. The van der Waals surface area contributed by atoms with Crippen molar-refractivity contribution in [3.05, 3.63) is 127 Å². The summed E-state index contributed by atoms with van der Waals surface area (Å²) in [5.74, 6) is 0.859. The quantitative estimate of drug-likeness (QED) is 0.172. The van der Waals surface area contributed by atoms with Crippen molar-refractivity contribution >= 4 is 21.9 Å². The van der Waals surface area contributed by atoms with Crippen LogP contribution in [0.3, 0.4) is 0 Å². The van der Waals surface area contributed by atoms with Crippen LogP contribution in [0.15, 0.2) is 115 Å². The van der Waals surface area contributed by atoms with Crippen LogP contribution in [0.1, 0.15) is 26.3 Å². The Morgan fingerprint density at radius 3 is 2.24 bits per heavy atom. The minimum Gasteiger partial charge on any atom is -0.435 e. The summed E-state index contributed by atoms with van der Waals surface area (Å²) in [5, 5.41) is 2.28. The predicted molar refractivity (Wildman–Crippen MR) is 164 cm³/mol. The first-order valence-corrected chi connectivity index (χ1v) is 13.5. The summed E-state index contributed by atoms with van der Waals surface area (Å²) in [6, 6.07) is 41.1. The fraction of sp³-hybridized carbons (Fsp3) is 0.111. The molecule has 0 amide bonds. The zero-order chi connectivity index (χ0) is 27.3. The first kappa shape index (κ1) is 26.9. The van der Waals surface area contributed by atoms with Gasteiger partial charge in [-0.15, -0.1) is 24.3 Å². The fourth-order valence-electron chi connectivity index (χ4n) is 5.27. The Kier molecular flexibility index (Phi) is 6.97. The van der Waals surface area contributed by atoms with E-state index in [0.717, 1.165) is 56.1 Å². The summed E-state index contributed by atoms with van der Waals surface area (Å²) in [6.07, 6.45) is 1.81. The van der Waals surface area contributed by atoms with Crippen LogP contribution in [0.5, 0.6) is 0 Å². The minimum atomic E-state index is 0. The van der Waals surface area contributed by atoms with E-state index in [2.05, 4.69) is 97.1 Å². The van der Waals surface area contributed by atoms with Crippen molar-refractivity contribution < 1.29 is 21.1 Å². The summed E-state index contributed by atoms with van der Waals surface area (Å²) >= 11 is 0. The van der Waals surface area contributed by atoms with E-state index in [0.29, 0.717) is 0 Å². The second-order valence-corrected chi connectivity index (χ2v) is 11.1. The summed E-state index contributed by atoms with van der Waals surface area (Å²) in [7, 11) is 0. The van der Waals surface area contributed by atoms with Gasteiger partial charge < -0.3 is 9.55 Å². The average Bonchev–Trinajstić information content (AvgIpc) is 3.60. The van der Waals surface area contributed by atoms with Crippen LogP contribution < -0.4 is 4.98 Å². The maximum atomic E-state index is 5.24.